The molecule has 1 aromatic carbocycles. The molecule has 0 bridgehead atoms. The van der Waals surface area contributed by atoms with E-state index in [-0.39, 0.29) is 11.4 Å². The van der Waals surface area contributed by atoms with Crippen LogP contribution < -0.4 is 11.3 Å². The molecule has 2 N–H and O–H groups in total. The third-order valence-corrected chi connectivity index (χ3v) is 3.92. The van der Waals surface area contributed by atoms with Crippen LogP contribution in [-0.4, -0.2) is 9.38 Å². The highest BCUT2D eigenvalue weighted by Crippen LogP contribution is 2.25. The number of halogens is 1. The molecule has 0 amide bonds. The summed E-state index contributed by atoms with van der Waals surface area (Å²) in [5, 5.41) is 1.91. The van der Waals surface area contributed by atoms with E-state index in [0.717, 1.165) is 15.7 Å². The summed E-state index contributed by atoms with van der Waals surface area (Å²) in [5.74, 6) is 0.254. The molecule has 3 aromatic rings. The van der Waals surface area contributed by atoms with E-state index in [2.05, 4.69) is 20.9 Å². The lowest BCUT2D eigenvalue weighted by molar-refractivity contribution is 1.09. The average molecular weight is 322 g/mol. The Kier molecular flexibility index (Phi) is 2.68. The standard InChI is InChI=1S/C12H8BrN3OS/c13-8-3-1-7(2-4-8)9-6-18-12-15-10(14)5-11(17)16(9)12/h1-6H,14H2. The van der Waals surface area contributed by atoms with E-state index >= 15 is 0 Å². The minimum atomic E-state index is -0.156. The molecule has 6 heteroatoms. The molecule has 0 saturated carbocycles. The van der Waals surface area contributed by atoms with Gasteiger partial charge in [0.1, 0.15) is 5.82 Å². The van der Waals surface area contributed by atoms with Crippen molar-refractivity contribution in [3.05, 3.63) is 50.5 Å². The minimum absolute atomic E-state index is 0.156. The van der Waals surface area contributed by atoms with Crippen molar-refractivity contribution in [3.63, 3.8) is 0 Å². The first-order chi connectivity index (χ1) is 8.65. The molecule has 2 heterocycles. The Morgan fingerprint density at radius 3 is 2.72 bits per heavy atom. The van der Waals surface area contributed by atoms with Gasteiger partial charge in [-0.2, -0.15) is 0 Å². The highest BCUT2D eigenvalue weighted by Gasteiger charge is 2.09. The summed E-state index contributed by atoms with van der Waals surface area (Å²) >= 11 is 4.79. The van der Waals surface area contributed by atoms with Crippen LogP contribution in [0.25, 0.3) is 16.2 Å². The topological polar surface area (TPSA) is 60.4 Å². The second-order valence-corrected chi connectivity index (χ2v) is 5.52. The summed E-state index contributed by atoms with van der Waals surface area (Å²) < 4.78 is 2.57. The van der Waals surface area contributed by atoms with E-state index in [1.54, 1.807) is 4.40 Å². The highest BCUT2D eigenvalue weighted by molar-refractivity contribution is 9.10. The normalized spacial score (nSPS) is 10.9. The molecule has 2 aromatic heterocycles. The molecule has 18 heavy (non-hydrogen) atoms. The molecule has 0 spiro atoms. The van der Waals surface area contributed by atoms with E-state index in [1.807, 2.05) is 29.6 Å². The van der Waals surface area contributed by atoms with Gasteiger partial charge < -0.3 is 5.73 Å². The molecule has 0 unspecified atom stereocenters. The predicted molar refractivity (Wildman–Crippen MR) is 76.9 cm³/mol. The summed E-state index contributed by atoms with van der Waals surface area (Å²) in [6.45, 7) is 0. The molecule has 0 aliphatic carbocycles. The molecule has 0 atom stereocenters. The molecule has 0 fully saturated rings. The quantitative estimate of drug-likeness (QED) is 0.749. The molecule has 0 radical (unpaired) electrons. The SMILES string of the molecule is Nc1cc(=O)n2c(-c3ccc(Br)cc3)csc2n1. The van der Waals surface area contributed by atoms with Crippen LogP contribution in [0.5, 0.6) is 0 Å². The second-order valence-electron chi connectivity index (χ2n) is 3.77. The number of anilines is 1. The maximum Gasteiger partial charge on any atom is 0.261 e. The largest absolute Gasteiger partial charge is 0.383 e. The number of thiazole rings is 1. The summed E-state index contributed by atoms with van der Waals surface area (Å²) in [7, 11) is 0. The zero-order valence-corrected chi connectivity index (χ0v) is 11.5. The van der Waals surface area contributed by atoms with Crippen LogP contribution in [0.1, 0.15) is 0 Å². The molecule has 4 nitrogen and oxygen atoms in total. The Morgan fingerprint density at radius 2 is 2.00 bits per heavy atom. The maximum atomic E-state index is 12.0. The Morgan fingerprint density at radius 1 is 1.28 bits per heavy atom. The first-order valence-corrected chi connectivity index (χ1v) is 6.85. The zero-order valence-electron chi connectivity index (χ0n) is 9.13. The van der Waals surface area contributed by atoms with Gasteiger partial charge in [-0.05, 0) is 17.7 Å². The third kappa shape index (κ3) is 1.83. The number of aromatic nitrogens is 2. The molecule has 3 rings (SSSR count). The van der Waals surface area contributed by atoms with Crippen molar-refractivity contribution >= 4 is 38.0 Å². The number of fused-ring (bicyclic) bond motifs is 1. The van der Waals surface area contributed by atoms with E-state index < -0.39 is 0 Å². The van der Waals surface area contributed by atoms with Gasteiger partial charge in [-0.3, -0.25) is 9.20 Å². The molecule has 0 saturated heterocycles. The van der Waals surface area contributed by atoms with Crippen molar-refractivity contribution in [2.45, 2.75) is 0 Å². The lowest BCUT2D eigenvalue weighted by Crippen LogP contribution is -2.14. The van der Waals surface area contributed by atoms with Crippen LogP contribution in [0, 0.1) is 0 Å². The fourth-order valence-corrected chi connectivity index (χ4v) is 2.93. The van der Waals surface area contributed by atoms with Gasteiger partial charge in [0.25, 0.3) is 5.56 Å². The fourth-order valence-electron chi connectivity index (χ4n) is 1.76. The summed E-state index contributed by atoms with van der Waals surface area (Å²) in [6, 6.07) is 9.12. The van der Waals surface area contributed by atoms with Crippen LogP contribution in [0.15, 0.2) is 45.0 Å². The van der Waals surface area contributed by atoms with Gasteiger partial charge in [0.15, 0.2) is 4.96 Å². The van der Waals surface area contributed by atoms with E-state index in [4.69, 9.17) is 5.73 Å². The monoisotopic (exact) mass is 321 g/mol. The van der Waals surface area contributed by atoms with Crippen LogP contribution in [-0.2, 0) is 0 Å². The fraction of sp³-hybridized carbons (Fsp3) is 0. The molecular weight excluding hydrogens is 314 g/mol. The number of benzene rings is 1. The third-order valence-electron chi connectivity index (χ3n) is 2.56. The van der Waals surface area contributed by atoms with Gasteiger partial charge in [-0.1, -0.05) is 28.1 Å². The van der Waals surface area contributed by atoms with Gasteiger partial charge in [-0.15, -0.1) is 11.3 Å². The summed E-state index contributed by atoms with van der Waals surface area (Å²) in [5.41, 5.74) is 7.22. The lowest BCUT2D eigenvalue weighted by atomic mass is 10.2. The Hall–Kier alpha value is -1.66. The summed E-state index contributed by atoms with van der Waals surface area (Å²) in [6.07, 6.45) is 0. The van der Waals surface area contributed by atoms with E-state index in [1.165, 1.54) is 17.4 Å². The number of nitrogen functional groups attached to an aromatic ring is 1. The number of hydrogen-bond acceptors (Lipinski definition) is 4. The van der Waals surface area contributed by atoms with Crippen molar-refractivity contribution in [3.8, 4) is 11.3 Å². The predicted octanol–water partition coefficient (Wildman–Crippen LogP) is 2.77. The number of rotatable bonds is 1. The number of hydrogen-bond donors (Lipinski definition) is 1. The molecule has 90 valence electrons. The average Bonchev–Trinajstić information content (AvgIpc) is 2.74. The smallest absolute Gasteiger partial charge is 0.261 e. The van der Waals surface area contributed by atoms with Crippen molar-refractivity contribution < 1.29 is 0 Å². The van der Waals surface area contributed by atoms with Crippen molar-refractivity contribution in [2.75, 3.05) is 5.73 Å². The first-order valence-electron chi connectivity index (χ1n) is 5.18. The van der Waals surface area contributed by atoms with Crippen LogP contribution in [0.4, 0.5) is 5.82 Å². The number of nitrogens with zero attached hydrogens (tertiary/aromatic N) is 2. The Labute approximate surface area is 115 Å². The van der Waals surface area contributed by atoms with Crippen LogP contribution in [0.3, 0.4) is 0 Å². The van der Waals surface area contributed by atoms with Crippen LogP contribution >= 0.6 is 27.3 Å². The first kappa shape index (κ1) is 11.4. The maximum absolute atomic E-state index is 12.0. The molecule has 0 aliphatic heterocycles. The van der Waals surface area contributed by atoms with Crippen molar-refractivity contribution in [1.82, 2.24) is 9.38 Å². The second kappa shape index (κ2) is 4.22. The van der Waals surface area contributed by atoms with Crippen LogP contribution in [0.2, 0.25) is 0 Å². The van der Waals surface area contributed by atoms with E-state index in [0.29, 0.717) is 4.96 Å². The van der Waals surface area contributed by atoms with Gasteiger partial charge in [0, 0.05) is 15.9 Å². The Balaban J connectivity index is 2.30. The van der Waals surface area contributed by atoms with Crippen molar-refractivity contribution in [1.29, 1.82) is 0 Å². The molecular formula is C12H8BrN3OS. The van der Waals surface area contributed by atoms with Gasteiger partial charge in [0.05, 0.1) is 5.69 Å². The van der Waals surface area contributed by atoms with Crippen molar-refractivity contribution in [2.24, 2.45) is 0 Å². The lowest BCUT2D eigenvalue weighted by Gasteiger charge is -2.01. The highest BCUT2D eigenvalue weighted by atomic mass is 79.9. The van der Waals surface area contributed by atoms with Gasteiger partial charge >= 0.3 is 0 Å². The van der Waals surface area contributed by atoms with Gasteiger partial charge in [0.2, 0.25) is 0 Å². The van der Waals surface area contributed by atoms with E-state index in [9.17, 15) is 4.79 Å². The zero-order chi connectivity index (χ0) is 12.7. The molecule has 0 aliphatic rings. The summed E-state index contributed by atoms with van der Waals surface area (Å²) in [4.78, 5) is 16.7. The van der Waals surface area contributed by atoms with Gasteiger partial charge in [-0.25, -0.2) is 4.98 Å². The number of nitrogens with two attached hydrogens (primary N) is 1. The Bertz CT molecular complexity index is 776. The minimum Gasteiger partial charge on any atom is -0.383 e.